The van der Waals surface area contributed by atoms with Crippen molar-refractivity contribution in [3.63, 3.8) is 0 Å². The van der Waals surface area contributed by atoms with Crippen LogP contribution in [-0.2, 0) is 0 Å². The zero-order valence-electron chi connectivity index (χ0n) is 8.14. The molecule has 0 aromatic carbocycles. The molecule has 0 aliphatic heterocycles. The first-order valence-electron chi connectivity index (χ1n) is 4.92. The third kappa shape index (κ3) is 2.19. The monoisotopic (exact) mass is 155 g/mol. The summed E-state index contributed by atoms with van der Waals surface area (Å²) in [5.74, 6) is 0.971. The van der Waals surface area contributed by atoms with Crippen LogP contribution in [0.1, 0.15) is 39.0 Å². The van der Waals surface area contributed by atoms with E-state index in [1.807, 2.05) is 0 Å². The second-order valence-electron chi connectivity index (χ2n) is 3.98. The van der Waals surface area contributed by atoms with Crippen LogP contribution in [0.25, 0.3) is 0 Å². The van der Waals surface area contributed by atoms with E-state index in [0.29, 0.717) is 0 Å². The predicted octanol–water partition coefficient (Wildman–Crippen LogP) is 2.52. The molecule has 2 atom stereocenters. The van der Waals surface area contributed by atoms with E-state index in [0.717, 1.165) is 12.0 Å². The highest BCUT2D eigenvalue weighted by Gasteiger charge is 2.24. The standard InChI is InChI=1S/C10H21N/c1-4-9-7-5-6-8-10(9)11(2)3/h9-10H,4-8H2,1-3H3/t9-,10+/m0/s1. The van der Waals surface area contributed by atoms with Crippen molar-refractivity contribution in [1.82, 2.24) is 4.90 Å². The normalized spacial score (nSPS) is 32.7. The zero-order valence-corrected chi connectivity index (χ0v) is 8.14. The lowest BCUT2D eigenvalue weighted by Gasteiger charge is -2.35. The van der Waals surface area contributed by atoms with Gasteiger partial charge >= 0.3 is 0 Å². The first kappa shape index (κ1) is 9.05. The van der Waals surface area contributed by atoms with Gasteiger partial charge in [0.25, 0.3) is 0 Å². The molecule has 0 heterocycles. The Morgan fingerprint density at radius 2 is 1.82 bits per heavy atom. The van der Waals surface area contributed by atoms with Gasteiger partial charge < -0.3 is 4.90 Å². The van der Waals surface area contributed by atoms with Gasteiger partial charge in [-0.1, -0.05) is 26.2 Å². The van der Waals surface area contributed by atoms with Gasteiger partial charge in [0.05, 0.1) is 0 Å². The minimum atomic E-state index is 0.869. The van der Waals surface area contributed by atoms with Crippen molar-refractivity contribution >= 4 is 0 Å². The summed E-state index contributed by atoms with van der Waals surface area (Å²) in [7, 11) is 4.44. The van der Waals surface area contributed by atoms with Crippen LogP contribution in [0.15, 0.2) is 0 Å². The van der Waals surface area contributed by atoms with E-state index in [2.05, 4.69) is 25.9 Å². The molecule has 1 aliphatic carbocycles. The molecular formula is C10H21N. The van der Waals surface area contributed by atoms with E-state index in [4.69, 9.17) is 0 Å². The highest BCUT2D eigenvalue weighted by Crippen LogP contribution is 2.29. The maximum Gasteiger partial charge on any atom is 0.0117 e. The zero-order chi connectivity index (χ0) is 8.27. The first-order chi connectivity index (χ1) is 5.25. The molecule has 0 spiro atoms. The van der Waals surface area contributed by atoms with Crippen LogP contribution in [0.2, 0.25) is 0 Å². The summed E-state index contributed by atoms with van der Waals surface area (Å²) in [5, 5.41) is 0. The van der Waals surface area contributed by atoms with Crippen molar-refractivity contribution in [2.75, 3.05) is 14.1 Å². The van der Waals surface area contributed by atoms with Crippen LogP contribution in [-0.4, -0.2) is 25.0 Å². The smallest absolute Gasteiger partial charge is 0.0117 e. The second kappa shape index (κ2) is 4.10. The molecule has 11 heavy (non-hydrogen) atoms. The van der Waals surface area contributed by atoms with Crippen LogP contribution < -0.4 is 0 Å². The number of hydrogen-bond acceptors (Lipinski definition) is 1. The quantitative estimate of drug-likeness (QED) is 0.592. The van der Waals surface area contributed by atoms with E-state index < -0.39 is 0 Å². The van der Waals surface area contributed by atoms with E-state index >= 15 is 0 Å². The Morgan fingerprint density at radius 3 is 2.27 bits per heavy atom. The van der Waals surface area contributed by atoms with E-state index in [1.165, 1.54) is 32.1 Å². The van der Waals surface area contributed by atoms with Gasteiger partial charge in [0.2, 0.25) is 0 Å². The maximum atomic E-state index is 2.41. The Kier molecular flexibility index (Phi) is 3.38. The Balaban J connectivity index is 2.44. The molecule has 0 bridgehead atoms. The molecule has 1 heteroatoms. The van der Waals surface area contributed by atoms with Gasteiger partial charge in [-0.25, -0.2) is 0 Å². The van der Waals surface area contributed by atoms with Crippen LogP contribution in [0.3, 0.4) is 0 Å². The van der Waals surface area contributed by atoms with Crippen molar-refractivity contribution in [3.8, 4) is 0 Å². The Bertz CT molecular complexity index is 109. The maximum absolute atomic E-state index is 2.41. The molecule has 0 N–H and O–H groups in total. The molecule has 1 nitrogen and oxygen atoms in total. The summed E-state index contributed by atoms with van der Waals surface area (Å²) in [6.45, 7) is 2.33. The molecule has 0 aromatic heterocycles. The lowest BCUT2D eigenvalue weighted by atomic mass is 9.82. The Hall–Kier alpha value is -0.0400. The van der Waals surface area contributed by atoms with E-state index in [9.17, 15) is 0 Å². The Labute approximate surface area is 70.8 Å². The fourth-order valence-electron chi connectivity index (χ4n) is 2.34. The van der Waals surface area contributed by atoms with Crippen molar-refractivity contribution in [3.05, 3.63) is 0 Å². The molecule has 0 unspecified atom stereocenters. The molecule has 66 valence electrons. The van der Waals surface area contributed by atoms with Gasteiger partial charge in [0.1, 0.15) is 0 Å². The van der Waals surface area contributed by atoms with Crippen molar-refractivity contribution in [1.29, 1.82) is 0 Å². The van der Waals surface area contributed by atoms with Crippen LogP contribution in [0.5, 0.6) is 0 Å². The molecule has 0 aromatic rings. The van der Waals surface area contributed by atoms with Gasteiger partial charge in [-0.2, -0.15) is 0 Å². The second-order valence-corrected chi connectivity index (χ2v) is 3.98. The summed E-state index contributed by atoms with van der Waals surface area (Å²) in [6.07, 6.45) is 7.15. The van der Waals surface area contributed by atoms with Crippen molar-refractivity contribution < 1.29 is 0 Å². The summed E-state index contributed by atoms with van der Waals surface area (Å²) in [6, 6.07) is 0.869. The highest BCUT2D eigenvalue weighted by atomic mass is 15.1. The lowest BCUT2D eigenvalue weighted by Crippen LogP contribution is -2.37. The fraction of sp³-hybridized carbons (Fsp3) is 1.00. The minimum absolute atomic E-state index is 0.869. The van der Waals surface area contributed by atoms with Gasteiger partial charge in [0, 0.05) is 6.04 Å². The molecule has 0 saturated heterocycles. The third-order valence-electron chi connectivity index (χ3n) is 3.06. The molecule has 1 rings (SSSR count). The van der Waals surface area contributed by atoms with Gasteiger partial charge in [-0.15, -0.1) is 0 Å². The molecular weight excluding hydrogens is 134 g/mol. The third-order valence-corrected chi connectivity index (χ3v) is 3.06. The van der Waals surface area contributed by atoms with Gasteiger partial charge in [-0.3, -0.25) is 0 Å². The molecule has 0 amide bonds. The van der Waals surface area contributed by atoms with Gasteiger partial charge in [0.15, 0.2) is 0 Å². The van der Waals surface area contributed by atoms with Gasteiger partial charge in [-0.05, 0) is 32.9 Å². The minimum Gasteiger partial charge on any atom is -0.306 e. The van der Waals surface area contributed by atoms with Crippen LogP contribution in [0, 0.1) is 5.92 Å². The van der Waals surface area contributed by atoms with E-state index in [1.54, 1.807) is 0 Å². The predicted molar refractivity (Wildman–Crippen MR) is 49.7 cm³/mol. The van der Waals surface area contributed by atoms with Crippen LogP contribution >= 0.6 is 0 Å². The number of hydrogen-bond donors (Lipinski definition) is 0. The highest BCUT2D eigenvalue weighted by molar-refractivity contribution is 4.79. The molecule has 1 saturated carbocycles. The SMILES string of the molecule is CC[C@H]1CCCC[C@H]1N(C)C. The van der Waals surface area contributed by atoms with E-state index in [-0.39, 0.29) is 0 Å². The Morgan fingerprint density at radius 1 is 1.18 bits per heavy atom. The fourth-order valence-corrected chi connectivity index (χ4v) is 2.34. The summed E-state index contributed by atoms with van der Waals surface area (Å²) in [5.41, 5.74) is 0. The summed E-state index contributed by atoms with van der Waals surface area (Å²) < 4.78 is 0. The first-order valence-corrected chi connectivity index (χ1v) is 4.92. The summed E-state index contributed by atoms with van der Waals surface area (Å²) >= 11 is 0. The van der Waals surface area contributed by atoms with Crippen molar-refractivity contribution in [2.45, 2.75) is 45.1 Å². The van der Waals surface area contributed by atoms with Crippen molar-refractivity contribution in [2.24, 2.45) is 5.92 Å². The molecule has 1 aliphatic rings. The number of nitrogens with zero attached hydrogens (tertiary/aromatic N) is 1. The number of rotatable bonds is 2. The largest absolute Gasteiger partial charge is 0.306 e. The molecule has 0 radical (unpaired) electrons. The average molecular weight is 155 g/mol. The molecule has 1 fully saturated rings. The lowest BCUT2D eigenvalue weighted by molar-refractivity contribution is 0.152. The average Bonchev–Trinajstić information content (AvgIpc) is 2.04. The topological polar surface area (TPSA) is 3.24 Å². The van der Waals surface area contributed by atoms with Crippen LogP contribution in [0.4, 0.5) is 0 Å². The summed E-state index contributed by atoms with van der Waals surface area (Å²) in [4.78, 5) is 2.41.